The van der Waals surface area contributed by atoms with Crippen LogP contribution in [0.15, 0.2) is 42.5 Å². The number of carbonyl (C=O) groups is 2. The van der Waals surface area contributed by atoms with Crippen molar-refractivity contribution in [1.82, 2.24) is 0 Å². The Morgan fingerprint density at radius 2 is 1.76 bits per heavy atom. The van der Waals surface area contributed by atoms with Gasteiger partial charge in [0.05, 0.1) is 23.6 Å². The molecule has 1 aliphatic rings. The Morgan fingerprint density at radius 3 is 2.41 bits per heavy atom. The molecule has 0 spiro atoms. The molecule has 0 saturated carbocycles. The molecule has 7 nitrogen and oxygen atoms in total. The molecule has 0 aliphatic carbocycles. The molecule has 154 valence electrons. The lowest BCUT2D eigenvalue weighted by molar-refractivity contribution is 0.0526. The Labute approximate surface area is 170 Å². The Hall–Kier alpha value is -2.87. The molecular weight excluding hydrogens is 392 g/mol. The molecule has 1 aliphatic heterocycles. The number of anilines is 2. The van der Waals surface area contributed by atoms with Crippen molar-refractivity contribution in [2.75, 3.05) is 28.5 Å². The highest BCUT2D eigenvalue weighted by molar-refractivity contribution is 7.92. The van der Waals surface area contributed by atoms with E-state index in [1.807, 2.05) is 6.92 Å². The van der Waals surface area contributed by atoms with Gasteiger partial charge in [-0.05, 0) is 68.7 Å². The number of rotatable bonds is 5. The zero-order chi connectivity index (χ0) is 21.0. The normalized spacial score (nSPS) is 15.6. The lowest BCUT2D eigenvalue weighted by Crippen LogP contribution is -2.38. The summed E-state index contributed by atoms with van der Waals surface area (Å²) in [6, 6.07) is 11.4. The smallest absolute Gasteiger partial charge is 0.338 e. The van der Waals surface area contributed by atoms with Crippen molar-refractivity contribution in [1.29, 1.82) is 0 Å². The first-order valence-corrected chi connectivity index (χ1v) is 11.1. The van der Waals surface area contributed by atoms with Gasteiger partial charge in [-0.25, -0.2) is 13.2 Å². The van der Waals surface area contributed by atoms with E-state index in [9.17, 15) is 18.0 Å². The third-order valence-corrected chi connectivity index (χ3v) is 6.60. The highest BCUT2D eigenvalue weighted by atomic mass is 32.2. The van der Waals surface area contributed by atoms with Gasteiger partial charge >= 0.3 is 5.97 Å². The average Bonchev–Trinajstić information content (AvgIpc) is 2.69. The molecule has 2 aromatic rings. The number of sulfonamides is 1. The summed E-state index contributed by atoms with van der Waals surface area (Å²) in [6.07, 6.45) is 1.45. The van der Waals surface area contributed by atoms with Crippen molar-refractivity contribution >= 4 is 33.3 Å². The van der Waals surface area contributed by atoms with Gasteiger partial charge in [0, 0.05) is 17.8 Å². The van der Waals surface area contributed by atoms with Gasteiger partial charge in [0.2, 0.25) is 10.0 Å². The van der Waals surface area contributed by atoms with Gasteiger partial charge in [-0.2, -0.15) is 0 Å². The number of hydrogen-bond donors (Lipinski definition) is 1. The number of nitrogens with zero attached hydrogens (tertiary/aromatic N) is 1. The maximum atomic E-state index is 12.7. The summed E-state index contributed by atoms with van der Waals surface area (Å²) < 4.78 is 31.2. The minimum Gasteiger partial charge on any atom is -0.462 e. The Morgan fingerprint density at radius 1 is 1.07 bits per heavy atom. The standard InChI is InChI=1S/C21H24N2O5S/c1-3-28-21(25)16-8-10-18(11-9-16)22-20(24)17-7-6-15(2)19(14-17)23-12-4-5-13-29(23,26)27/h6-11,14H,3-5,12-13H2,1-2H3,(H,22,24). The molecule has 0 atom stereocenters. The summed E-state index contributed by atoms with van der Waals surface area (Å²) in [5, 5.41) is 2.77. The van der Waals surface area contributed by atoms with Crippen LogP contribution in [0.3, 0.4) is 0 Å². The average molecular weight is 416 g/mol. The van der Waals surface area contributed by atoms with Crippen molar-refractivity contribution in [2.45, 2.75) is 26.7 Å². The fourth-order valence-corrected chi connectivity index (χ4v) is 4.88. The van der Waals surface area contributed by atoms with Gasteiger partial charge in [0.1, 0.15) is 0 Å². The van der Waals surface area contributed by atoms with Crippen LogP contribution < -0.4 is 9.62 Å². The van der Waals surface area contributed by atoms with Gasteiger partial charge in [-0.3, -0.25) is 9.10 Å². The van der Waals surface area contributed by atoms with E-state index in [2.05, 4.69) is 5.32 Å². The first-order chi connectivity index (χ1) is 13.8. The highest BCUT2D eigenvalue weighted by Gasteiger charge is 2.27. The van der Waals surface area contributed by atoms with Crippen molar-refractivity contribution in [3.8, 4) is 0 Å². The van der Waals surface area contributed by atoms with Crippen LogP contribution in [0, 0.1) is 6.92 Å². The zero-order valence-electron chi connectivity index (χ0n) is 16.5. The topological polar surface area (TPSA) is 92.8 Å². The van der Waals surface area contributed by atoms with E-state index >= 15 is 0 Å². The minimum absolute atomic E-state index is 0.121. The van der Waals surface area contributed by atoms with E-state index in [4.69, 9.17) is 4.74 Å². The van der Waals surface area contributed by atoms with Gasteiger partial charge in [-0.1, -0.05) is 6.07 Å². The second-order valence-electron chi connectivity index (χ2n) is 6.85. The molecule has 1 heterocycles. The van der Waals surface area contributed by atoms with E-state index in [1.54, 1.807) is 49.4 Å². The van der Waals surface area contributed by atoms with Crippen molar-refractivity contribution in [2.24, 2.45) is 0 Å². The third kappa shape index (κ3) is 4.76. The molecule has 1 saturated heterocycles. The Bertz CT molecular complexity index is 1020. The number of esters is 1. The van der Waals surface area contributed by atoms with Crippen LogP contribution in [0.2, 0.25) is 0 Å². The van der Waals surface area contributed by atoms with Crippen molar-refractivity contribution in [3.05, 3.63) is 59.2 Å². The quantitative estimate of drug-likeness (QED) is 0.755. The summed E-state index contributed by atoms with van der Waals surface area (Å²) >= 11 is 0. The monoisotopic (exact) mass is 416 g/mol. The summed E-state index contributed by atoms with van der Waals surface area (Å²) in [5.74, 6) is -0.656. The van der Waals surface area contributed by atoms with E-state index in [-0.39, 0.29) is 11.7 Å². The molecule has 0 aromatic heterocycles. The highest BCUT2D eigenvalue weighted by Crippen LogP contribution is 2.28. The molecule has 1 amide bonds. The van der Waals surface area contributed by atoms with Crippen molar-refractivity contribution < 1.29 is 22.7 Å². The van der Waals surface area contributed by atoms with Crippen LogP contribution in [0.5, 0.6) is 0 Å². The summed E-state index contributed by atoms with van der Waals surface area (Å²) in [7, 11) is -3.36. The van der Waals surface area contributed by atoms with E-state index in [0.717, 1.165) is 12.0 Å². The van der Waals surface area contributed by atoms with E-state index in [1.165, 1.54) is 4.31 Å². The van der Waals surface area contributed by atoms with Crippen LogP contribution in [0.4, 0.5) is 11.4 Å². The molecule has 0 unspecified atom stereocenters. The Kier molecular flexibility index (Phi) is 6.22. The number of hydrogen-bond acceptors (Lipinski definition) is 5. The number of nitrogens with one attached hydrogen (secondary N) is 1. The molecule has 3 rings (SSSR count). The fraction of sp³-hybridized carbons (Fsp3) is 0.333. The van der Waals surface area contributed by atoms with Crippen LogP contribution in [-0.2, 0) is 14.8 Å². The molecule has 0 bridgehead atoms. The molecular formula is C21H24N2O5S. The predicted molar refractivity (Wildman–Crippen MR) is 112 cm³/mol. The maximum absolute atomic E-state index is 12.7. The molecule has 2 aromatic carbocycles. The number of amides is 1. The largest absolute Gasteiger partial charge is 0.462 e. The number of ether oxygens (including phenoxy) is 1. The summed E-state index contributed by atoms with van der Waals surface area (Å²) in [4.78, 5) is 24.4. The predicted octanol–water partition coefficient (Wildman–Crippen LogP) is 3.35. The van der Waals surface area contributed by atoms with Crippen LogP contribution in [0.1, 0.15) is 46.0 Å². The van der Waals surface area contributed by atoms with Gasteiger partial charge < -0.3 is 10.1 Å². The van der Waals surface area contributed by atoms with E-state index in [0.29, 0.717) is 42.1 Å². The number of carbonyl (C=O) groups excluding carboxylic acids is 2. The SMILES string of the molecule is CCOC(=O)c1ccc(NC(=O)c2ccc(C)c(N3CCCCS3(=O)=O)c2)cc1. The molecule has 0 radical (unpaired) electrons. The van der Waals surface area contributed by atoms with Gasteiger partial charge in [-0.15, -0.1) is 0 Å². The second-order valence-corrected chi connectivity index (χ2v) is 8.86. The van der Waals surface area contributed by atoms with Gasteiger partial charge in [0.15, 0.2) is 0 Å². The second kappa shape index (κ2) is 8.65. The molecule has 1 N–H and O–H groups in total. The lowest BCUT2D eigenvalue weighted by atomic mass is 10.1. The third-order valence-electron chi connectivity index (χ3n) is 4.74. The maximum Gasteiger partial charge on any atom is 0.338 e. The Balaban J connectivity index is 1.79. The fourth-order valence-electron chi connectivity index (χ4n) is 3.19. The molecule has 8 heteroatoms. The minimum atomic E-state index is -3.36. The first-order valence-electron chi connectivity index (χ1n) is 9.51. The first kappa shape index (κ1) is 20.9. The molecule has 29 heavy (non-hydrogen) atoms. The summed E-state index contributed by atoms with van der Waals surface area (Å²) in [5.41, 5.74) is 2.62. The van der Waals surface area contributed by atoms with Crippen LogP contribution in [0.25, 0.3) is 0 Å². The number of benzene rings is 2. The zero-order valence-corrected chi connectivity index (χ0v) is 17.3. The number of aryl methyl sites for hydroxylation is 1. The van der Waals surface area contributed by atoms with Crippen LogP contribution in [-0.4, -0.2) is 39.2 Å². The van der Waals surface area contributed by atoms with Crippen LogP contribution >= 0.6 is 0 Å². The molecule has 1 fully saturated rings. The van der Waals surface area contributed by atoms with E-state index < -0.39 is 16.0 Å². The summed E-state index contributed by atoms with van der Waals surface area (Å²) in [6.45, 7) is 4.27. The lowest BCUT2D eigenvalue weighted by Gasteiger charge is -2.29. The van der Waals surface area contributed by atoms with Gasteiger partial charge in [0.25, 0.3) is 5.91 Å². The van der Waals surface area contributed by atoms with Crippen molar-refractivity contribution in [3.63, 3.8) is 0 Å².